The fourth-order valence-corrected chi connectivity index (χ4v) is 2.42. The highest BCUT2D eigenvalue weighted by Gasteiger charge is 2.41. The van der Waals surface area contributed by atoms with E-state index in [1.165, 1.54) is 24.7 Å². The van der Waals surface area contributed by atoms with Crippen LogP contribution >= 0.6 is 24.0 Å². The fourth-order valence-electron chi connectivity index (χ4n) is 2.42. The lowest BCUT2D eigenvalue weighted by Crippen LogP contribution is -2.56. The molecule has 0 spiro atoms. The number of piperazine rings is 1. The number of nitrogens with zero attached hydrogens (tertiary/aromatic N) is 3. The van der Waals surface area contributed by atoms with E-state index in [1.807, 2.05) is 4.90 Å². The van der Waals surface area contributed by atoms with E-state index in [-0.39, 0.29) is 24.0 Å². The molecule has 2 fully saturated rings. The molecule has 0 aromatic heterocycles. The lowest BCUT2D eigenvalue weighted by Gasteiger charge is -2.39. The number of halogens is 4. The Morgan fingerprint density at radius 2 is 1.81 bits per heavy atom. The van der Waals surface area contributed by atoms with Crippen molar-refractivity contribution in [1.29, 1.82) is 0 Å². The van der Waals surface area contributed by atoms with Gasteiger partial charge in [-0.3, -0.25) is 9.89 Å². The van der Waals surface area contributed by atoms with Crippen molar-refractivity contribution in [3.63, 3.8) is 0 Å². The summed E-state index contributed by atoms with van der Waals surface area (Å²) >= 11 is 0. The lowest BCUT2D eigenvalue weighted by atomic mass is 10.2. The van der Waals surface area contributed by atoms with Crippen LogP contribution in [0.15, 0.2) is 4.99 Å². The third-order valence-corrected chi connectivity index (χ3v) is 4.09. The molecule has 0 amide bonds. The molecule has 1 atom stereocenters. The highest BCUT2D eigenvalue weighted by atomic mass is 127. The van der Waals surface area contributed by atoms with E-state index < -0.39 is 12.2 Å². The molecule has 0 radical (unpaired) electrons. The van der Waals surface area contributed by atoms with Crippen molar-refractivity contribution in [1.82, 2.24) is 15.1 Å². The summed E-state index contributed by atoms with van der Waals surface area (Å²) < 4.78 is 38.0. The van der Waals surface area contributed by atoms with E-state index in [0.29, 0.717) is 26.2 Å². The Morgan fingerprint density at radius 3 is 2.24 bits per heavy atom. The number of hydrogen-bond acceptors (Lipinski definition) is 2. The summed E-state index contributed by atoms with van der Waals surface area (Å²) in [5.74, 6) is 1.56. The Bertz CT molecular complexity index is 350. The largest absolute Gasteiger partial charge is 0.403 e. The zero-order valence-electron chi connectivity index (χ0n) is 12.5. The second-order valence-corrected chi connectivity index (χ2v) is 5.61. The molecule has 0 aromatic carbocycles. The Kier molecular flexibility index (Phi) is 7.02. The van der Waals surface area contributed by atoms with E-state index in [0.717, 1.165) is 18.4 Å². The second-order valence-electron chi connectivity index (χ2n) is 5.61. The van der Waals surface area contributed by atoms with Crippen molar-refractivity contribution in [2.24, 2.45) is 10.9 Å². The number of rotatable bonds is 3. The van der Waals surface area contributed by atoms with Crippen LogP contribution in [0, 0.1) is 5.92 Å². The SMILES string of the molecule is CN=C(NCC1CC1)N1CCN(C(C)C(F)(F)F)CC1.I. The molecule has 1 saturated carbocycles. The third-order valence-electron chi connectivity index (χ3n) is 4.09. The van der Waals surface area contributed by atoms with Gasteiger partial charge in [0.25, 0.3) is 0 Å². The van der Waals surface area contributed by atoms with Crippen LogP contribution in [0.25, 0.3) is 0 Å². The van der Waals surface area contributed by atoms with Crippen molar-refractivity contribution in [3.05, 3.63) is 0 Å². The van der Waals surface area contributed by atoms with Crippen LogP contribution < -0.4 is 5.32 Å². The zero-order valence-corrected chi connectivity index (χ0v) is 14.8. The van der Waals surface area contributed by atoms with Gasteiger partial charge in [-0.05, 0) is 25.7 Å². The van der Waals surface area contributed by atoms with E-state index in [2.05, 4.69) is 10.3 Å². The Balaban J connectivity index is 0.00000220. The quantitative estimate of drug-likeness (QED) is 0.432. The smallest absolute Gasteiger partial charge is 0.356 e. The first-order valence-corrected chi connectivity index (χ1v) is 7.18. The van der Waals surface area contributed by atoms with E-state index in [1.54, 1.807) is 7.05 Å². The van der Waals surface area contributed by atoms with Crippen LogP contribution in [0.3, 0.4) is 0 Å². The Labute approximate surface area is 141 Å². The molecular weight excluding hydrogens is 396 g/mol. The first-order chi connectivity index (χ1) is 9.41. The molecule has 0 aromatic rings. The molecule has 4 nitrogen and oxygen atoms in total. The van der Waals surface area contributed by atoms with Gasteiger partial charge in [0.05, 0.1) is 0 Å². The van der Waals surface area contributed by atoms with Crippen LogP contribution in [0.2, 0.25) is 0 Å². The summed E-state index contributed by atoms with van der Waals surface area (Å²) in [4.78, 5) is 7.76. The normalized spacial score (nSPS) is 22.7. The summed E-state index contributed by atoms with van der Waals surface area (Å²) in [6.07, 6.45) is -1.62. The molecule has 1 N–H and O–H groups in total. The number of guanidine groups is 1. The standard InChI is InChI=1S/C13H23F3N4.HI/c1-10(13(14,15)16)19-5-7-20(8-6-19)12(17-2)18-9-11-3-4-11;/h10-11H,3-9H2,1-2H3,(H,17,18);1H. The fraction of sp³-hybridized carbons (Fsp3) is 0.923. The second kappa shape index (κ2) is 7.85. The number of nitrogens with one attached hydrogen (secondary N) is 1. The summed E-state index contributed by atoms with van der Waals surface area (Å²) in [6, 6.07) is -1.37. The van der Waals surface area contributed by atoms with Gasteiger partial charge < -0.3 is 10.2 Å². The molecule has 1 aliphatic heterocycles. The number of alkyl halides is 3. The minimum Gasteiger partial charge on any atom is -0.356 e. The third kappa shape index (κ3) is 5.46. The van der Waals surface area contributed by atoms with Gasteiger partial charge in [0, 0.05) is 39.8 Å². The maximum atomic E-state index is 12.7. The van der Waals surface area contributed by atoms with Crippen LogP contribution in [-0.2, 0) is 0 Å². The summed E-state index contributed by atoms with van der Waals surface area (Å²) in [5.41, 5.74) is 0. The summed E-state index contributed by atoms with van der Waals surface area (Å²) in [5, 5.41) is 3.31. The molecule has 2 aliphatic rings. The highest BCUT2D eigenvalue weighted by Crippen LogP contribution is 2.28. The van der Waals surface area contributed by atoms with Crippen molar-refractivity contribution < 1.29 is 13.2 Å². The number of aliphatic imine (C=N–C) groups is 1. The monoisotopic (exact) mass is 420 g/mol. The van der Waals surface area contributed by atoms with Gasteiger partial charge in [0.1, 0.15) is 6.04 Å². The van der Waals surface area contributed by atoms with E-state index in [4.69, 9.17) is 0 Å². The molecule has 1 unspecified atom stereocenters. The topological polar surface area (TPSA) is 30.9 Å². The first-order valence-electron chi connectivity index (χ1n) is 7.18. The lowest BCUT2D eigenvalue weighted by molar-refractivity contribution is -0.181. The molecule has 0 bridgehead atoms. The maximum Gasteiger partial charge on any atom is 0.403 e. The molecule has 8 heteroatoms. The van der Waals surface area contributed by atoms with Crippen molar-refractivity contribution in [2.45, 2.75) is 32.0 Å². The van der Waals surface area contributed by atoms with Crippen LogP contribution in [-0.4, -0.2) is 67.7 Å². The van der Waals surface area contributed by atoms with Crippen LogP contribution in [0.5, 0.6) is 0 Å². The van der Waals surface area contributed by atoms with Gasteiger partial charge in [0.15, 0.2) is 5.96 Å². The molecule has 1 heterocycles. The van der Waals surface area contributed by atoms with Gasteiger partial charge in [-0.25, -0.2) is 0 Å². The van der Waals surface area contributed by atoms with Gasteiger partial charge >= 0.3 is 6.18 Å². The van der Waals surface area contributed by atoms with Crippen molar-refractivity contribution >= 4 is 29.9 Å². The predicted molar refractivity (Wildman–Crippen MR) is 88.2 cm³/mol. The molecule has 124 valence electrons. The van der Waals surface area contributed by atoms with Crippen LogP contribution in [0.4, 0.5) is 13.2 Å². The molecule has 1 saturated heterocycles. The highest BCUT2D eigenvalue weighted by molar-refractivity contribution is 14.0. The molecule has 1 aliphatic carbocycles. The van der Waals surface area contributed by atoms with Gasteiger partial charge in [0.2, 0.25) is 0 Å². The van der Waals surface area contributed by atoms with E-state index >= 15 is 0 Å². The maximum absolute atomic E-state index is 12.7. The van der Waals surface area contributed by atoms with Gasteiger partial charge in [-0.1, -0.05) is 0 Å². The number of hydrogen-bond donors (Lipinski definition) is 1. The van der Waals surface area contributed by atoms with Gasteiger partial charge in [-0.15, -0.1) is 24.0 Å². The molecule has 21 heavy (non-hydrogen) atoms. The predicted octanol–water partition coefficient (Wildman–Crippen LogP) is 2.16. The molecule has 2 rings (SSSR count). The minimum atomic E-state index is -4.14. The molecular formula is C13H24F3IN4. The summed E-state index contributed by atoms with van der Waals surface area (Å²) in [7, 11) is 1.72. The van der Waals surface area contributed by atoms with Gasteiger partial charge in [-0.2, -0.15) is 13.2 Å². The average molecular weight is 420 g/mol. The Morgan fingerprint density at radius 1 is 1.24 bits per heavy atom. The average Bonchev–Trinajstić information content (AvgIpc) is 3.22. The van der Waals surface area contributed by atoms with Crippen molar-refractivity contribution in [2.75, 3.05) is 39.8 Å². The van der Waals surface area contributed by atoms with Crippen LogP contribution in [0.1, 0.15) is 19.8 Å². The first kappa shape index (κ1) is 18.8. The zero-order chi connectivity index (χ0) is 14.8. The van der Waals surface area contributed by atoms with E-state index in [9.17, 15) is 13.2 Å². The van der Waals surface area contributed by atoms with Crippen molar-refractivity contribution in [3.8, 4) is 0 Å². The summed E-state index contributed by atoms with van der Waals surface area (Å²) in [6.45, 7) is 4.17. The minimum absolute atomic E-state index is 0. The Hall–Kier alpha value is -0.250.